The molecule has 0 radical (unpaired) electrons. The molecule has 1 aromatic heterocycles. The number of aliphatic hydroxyl groups is 1. The minimum atomic E-state index is -2.71. The van der Waals surface area contributed by atoms with Crippen molar-refractivity contribution in [1.82, 2.24) is 9.47 Å². The highest BCUT2D eigenvalue weighted by Crippen LogP contribution is 2.16. The minimum Gasteiger partial charge on any atom is -0.395 e. The second-order valence-corrected chi connectivity index (χ2v) is 4.70. The van der Waals surface area contributed by atoms with Crippen LogP contribution >= 0.6 is 15.9 Å². The monoisotopic (exact) mass is 338 g/mol. The number of carbonyl (C=O) groups is 1. The molecule has 0 aliphatic carbocycles. The summed E-state index contributed by atoms with van der Waals surface area (Å²) in [5, 5.41) is 8.80. The molecule has 1 heterocycles. The van der Waals surface area contributed by atoms with E-state index >= 15 is 0 Å². The molecule has 0 aliphatic rings. The first-order chi connectivity index (χ1) is 8.86. The van der Waals surface area contributed by atoms with Crippen LogP contribution in [-0.2, 0) is 7.05 Å². The van der Waals surface area contributed by atoms with Gasteiger partial charge in [-0.1, -0.05) is 0 Å². The van der Waals surface area contributed by atoms with Gasteiger partial charge in [-0.25, -0.2) is 8.78 Å². The highest BCUT2D eigenvalue weighted by atomic mass is 79.9. The molecule has 8 heteroatoms. The molecule has 106 valence electrons. The molecule has 1 N–H and O–H groups in total. The van der Waals surface area contributed by atoms with Crippen LogP contribution < -0.4 is 5.56 Å². The van der Waals surface area contributed by atoms with Gasteiger partial charge >= 0.3 is 0 Å². The van der Waals surface area contributed by atoms with Gasteiger partial charge in [-0.2, -0.15) is 0 Å². The topological polar surface area (TPSA) is 62.5 Å². The zero-order valence-corrected chi connectivity index (χ0v) is 11.7. The Hall–Kier alpha value is -1.28. The van der Waals surface area contributed by atoms with Crippen molar-refractivity contribution in [3.8, 4) is 0 Å². The summed E-state index contributed by atoms with van der Waals surface area (Å²) in [7, 11) is 1.51. The Kier molecular flexibility index (Phi) is 5.61. The highest BCUT2D eigenvalue weighted by Gasteiger charge is 2.21. The van der Waals surface area contributed by atoms with Gasteiger partial charge in [0.05, 0.1) is 18.7 Å². The van der Waals surface area contributed by atoms with Crippen molar-refractivity contribution in [1.29, 1.82) is 0 Å². The average molecular weight is 339 g/mol. The number of amides is 1. The molecule has 19 heavy (non-hydrogen) atoms. The zero-order valence-electron chi connectivity index (χ0n) is 10.1. The number of aliphatic hydroxyl groups excluding tert-OH is 1. The number of aryl methyl sites for hydroxylation is 1. The van der Waals surface area contributed by atoms with Crippen molar-refractivity contribution in [2.75, 3.05) is 19.7 Å². The van der Waals surface area contributed by atoms with Crippen molar-refractivity contribution >= 4 is 21.8 Å². The average Bonchev–Trinajstić information content (AvgIpc) is 2.32. The first-order valence-corrected chi connectivity index (χ1v) is 6.20. The molecule has 0 spiro atoms. The Bertz CT molecular complexity index is 519. The molecule has 1 amide bonds. The molecule has 1 aromatic rings. The van der Waals surface area contributed by atoms with Crippen LogP contribution in [-0.4, -0.2) is 46.6 Å². The molecule has 0 unspecified atom stereocenters. The second kappa shape index (κ2) is 6.76. The first kappa shape index (κ1) is 15.8. The fourth-order valence-corrected chi connectivity index (χ4v) is 2.09. The summed E-state index contributed by atoms with van der Waals surface area (Å²) in [5.41, 5.74) is -0.426. The standard InChI is InChI=1S/C11H13BrF2N2O3/c1-15-5-8(12)7(4-10(15)18)11(19)16(2-3-17)6-9(13)14/h4-5,9,17H,2-3,6H2,1H3. The van der Waals surface area contributed by atoms with E-state index in [1.807, 2.05) is 0 Å². The summed E-state index contributed by atoms with van der Waals surface area (Å²) in [4.78, 5) is 24.3. The largest absolute Gasteiger partial charge is 0.395 e. The quantitative estimate of drug-likeness (QED) is 0.865. The van der Waals surface area contributed by atoms with Crippen LogP contribution in [0.1, 0.15) is 10.4 Å². The predicted octanol–water partition coefficient (Wildman–Crippen LogP) is 0.847. The summed E-state index contributed by atoms with van der Waals surface area (Å²) >= 11 is 3.11. The van der Waals surface area contributed by atoms with E-state index in [0.29, 0.717) is 4.47 Å². The van der Waals surface area contributed by atoms with Crippen LogP contribution in [0, 0.1) is 0 Å². The third kappa shape index (κ3) is 4.10. The number of carbonyl (C=O) groups excluding carboxylic acids is 1. The van der Waals surface area contributed by atoms with E-state index in [1.165, 1.54) is 17.8 Å². The lowest BCUT2D eigenvalue weighted by molar-refractivity contribution is 0.0508. The summed E-state index contributed by atoms with van der Waals surface area (Å²) in [6.45, 7) is -1.44. The maximum atomic E-state index is 12.4. The number of halogens is 3. The molecule has 0 aliphatic heterocycles. The first-order valence-electron chi connectivity index (χ1n) is 5.41. The summed E-state index contributed by atoms with van der Waals surface area (Å²) in [6.07, 6.45) is -1.32. The van der Waals surface area contributed by atoms with E-state index in [1.54, 1.807) is 0 Å². The van der Waals surface area contributed by atoms with E-state index in [0.717, 1.165) is 11.0 Å². The molecule has 0 saturated carbocycles. The molecule has 0 fully saturated rings. The maximum absolute atomic E-state index is 12.4. The number of hydrogen-bond acceptors (Lipinski definition) is 3. The summed E-state index contributed by atoms with van der Waals surface area (Å²) < 4.78 is 26.3. The van der Waals surface area contributed by atoms with Crippen molar-refractivity contribution in [3.63, 3.8) is 0 Å². The van der Waals surface area contributed by atoms with Gasteiger partial charge in [-0.3, -0.25) is 9.59 Å². The predicted molar refractivity (Wildman–Crippen MR) is 68.4 cm³/mol. The van der Waals surface area contributed by atoms with Crippen molar-refractivity contribution in [3.05, 3.63) is 32.7 Å². The lowest BCUT2D eigenvalue weighted by atomic mass is 10.2. The van der Waals surface area contributed by atoms with Crippen LogP contribution in [0.5, 0.6) is 0 Å². The third-order valence-electron chi connectivity index (χ3n) is 2.43. The third-order valence-corrected chi connectivity index (χ3v) is 3.06. The van der Waals surface area contributed by atoms with Gasteiger partial charge in [0.2, 0.25) is 0 Å². The number of pyridine rings is 1. The van der Waals surface area contributed by atoms with E-state index < -0.39 is 31.0 Å². The number of alkyl halides is 2. The molecule has 0 bridgehead atoms. The highest BCUT2D eigenvalue weighted by molar-refractivity contribution is 9.10. The normalized spacial score (nSPS) is 10.8. The SMILES string of the molecule is Cn1cc(Br)c(C(=O)N(CCO)CC(F)F)cc1=O. The van der Waals surface area contributed by atoms with E-state index in [2.05, 4.69) is 15.9 Å². The van der Waals surface area contributed by atoms with Crippen molar-refractivity contribution in [2.24, 2.45) is 7.05 Å². The maximum Gasteiger partial charge on any atom is 0.255 e. The van der Waals surface area contributed by atoms with E-state index in [-0.39, 0.29) is 12.1 Å². The van der Waals surface area contributed by atoms with Gasteiger partial charge in [0.15, 0.2) is 0 Å². The van der Waals surface area contributed by atoms with E-state index in [9.17, 15) is 18.4 Å². The number of rotatable bonds is 5. The fraction of sp³-hybridized carbons (Fsp3) is 0.455. The second-order valence-electron chi connectivity index (χ2n) is 3.85. The Morgan fingerprint density at radius 1 is 1.58 bits per heavy atom. The Morgan fingerprint density at radius 3 is 2.74 bits per heavy atom. The van der Waals surface area contributed by atoms with Crippen LogP contribution in [0.3, 0.4) is 0 Å². The molecule has 0 saturated heterocycles. The number of aromatic nitrogens is 1. The fourth-order valence-electron chi connectivity index (χ4n) is 1.49. The smallest absolute Gasteiger partial charge is 0.255 e. The van der Waals surface area contributed by atoms with Crippen molar-refractivity contribution < 1.29 is 18.7 Å². The van der Waals surface area contributed by atoms with Gasteiger partial charge in [0, 0.05) is 30.3 Å². The molecule has 0 atom stereocenters. The molecular formula is C11H13BrF2N2O3. The zero-order chi connectivity index (χ0) is 14.6. The van der Waals surface area contributed by atoms with Gasteiger partial charge in [-0.15, -0.1) is 0 Å². The van der Waals surface area contributed by atoms with Gasteiger partial charge in [0.25, 0.3) is 17.9 Å². The Labute approximate surface area is 116 Å². The summed E-state index contributed by atoms with van der Waals surface area (Å²) in [5.74, 6) is -0.723. The van der Waals surface area contributed by atoms with Crippen LogP contribution in [0.15, 0.2) is 21.5 Å². The lowest BCUT2D eigenvalue weighted by Crippen LogP contribution is -2.38. The number of hydrogen-bond donors (Lipinski definition) is 1. The van der Waals surface area contributed by atoms with Gasteiger partial charge < -0.3 is 14.6 Å². The van der Waals surface area contributed by atoms with Crippen LogP contribution in [0.4, 0.5) is 8.78 Å². The van der Waals surface area contributed by atoms with Crippen LogP contribution in [0.25, 0.3) is 0 Å². The van der Waals surface area contributed by atoms with E-state index in [4.69, 9.17) is 5.11 Å². The molecule has 1 rings (SSSR count). The molecular weight excluding hydrogens is 326 g/mol. The van der Waals surface area contributed by atoms with Gasteiger partial charge in [0.1, 0.15) is 0 Å². The van der Waals surface area contributed by atoms with Gasteiger partial charge in [-0.05, 0) is 15.9 Å². The minimum absolute atomic E-state index is 0.00259. The molecule has 5 nitrogen and oxygen atoms in total. The number of nitrogens with zero attached hydrogens (tertiary/aromatic N) is 2. The Morgan fingerprint density at radius 2 is 2.21 bits per heavy atom. The summed E-state index contributed by atoms with van der Waals surface area (Å²) in [6, 6.07) is 1.07. The Balaban J connectivity index is 3.09. The lowest BCUT2D eigenvalue weighted by Gasteiger charge is -2.21. The molecule has 0 aromatic carbocycles. The van der Waals surface area contributed by atoms with Crippen LogP contribution in [0.2, 0.25) is 0 Å². The van der Waals surface area contributed by atoms with Crippen molar-refractivity contribution in [2.45, 2.75) is 6.43 Å².